The molecule has 0 aliphatic carbocycles. The fourth-order valence-corrected chi connectivity index (χ4v) is 1.34. The van der Waals surface area contributed by atoms with Crippen LogP contribution in [0.15, 0.2) is 0 Å². The van der Waals surface area contributed by atoms with Crippen molar-refractivity contribution in [2.45, 2.75) is 39.0 Å². The Morgan fingerprint density at radius 2 is 1.94 bits per heavy atom. The molecule has 4 N–H and O–H groups in total. The van der Waals surface area contributed by atoms with Gasteiger partial charge in [-0.15, -0.1) is 0 Å². The minimum Gasteiger partial charge on any atom is -0.390 e. The molecule has 17 heavy (non-hydrogen) atoms. The number of carbonyl (C=O) groups excluding carboxylic acids is 1. The molecule has 0 bridgehead atoms. The number of aliphatic hydroxyl groups excluding tert-OH is 1. The lowest BCUT2D eigenvalue weighted by Gasteiger charge is -2.23. The lowest BCUT2D eigenvalue weighted by atomic mass is 9.84. The third-order valence-electron chi connectivity index (χ3n) is 2.63. The number of nitrogens with one attached hydrogen (secondary N) is 1. The average molecular weight is 252 g/mol. The summed E-state index contributed by atoms with van der Waals surface area (Å²) in [7, 11) is 0. The number of halogens is 2. The fraction of sp³-hybridized carbons (Fsp3) is 0.909. The number of amides is 1. The summed E-state index contributed by atoms with van der Waals surface area (Å²) in [6, 6.07) is 0. The first-order valence-corrected chi connectivity index (χ1v) is 5.68. The Morgan fingerprint density at radius 1 is 1.35 bits per heavy atom. The van der Waals surface area contributed by atoms with Gasteiger partial charge in [0.2, 0.25) is 5.91 Å². The van der Waals surface area contributed by atoms with E-state index in [4.69, 9.17) is 10.8 Å². The summed E-state index contributed by atoms with van der Waals surface area (Å²) in [5.74, 6) is -3.68. The van der Waals surface area contributed by atoms with E-state index in [-0.39, 0.29) is 11.8 Å². The third kappa shape index (κ3) is 8.04. The minimum absolute atomic E-state index is 0.0639. The standard InChI is InChI=1S/C11H22F2N2O2/c1-10(2,5-6-14)4-3-9(17)15-7-11(12,13)8-16/h16H,3-8,14H2,1-2H3,(H,15,17). The number of hydrogen-bond donors (Lipinski definition) is 3. The molecule has 0 unspecified atom stereocenters. The summed E-state index contributed by atoms with van der Waals surface area (Å²) in [6.07, 6.45) is 1.57. The Morgan fingerprint density at radius 3 is 2.41 bits per heavy atom. The molecule has 0 aliphatic rings. The van der Waals surface area contributed by atoms with Crippen molar-refractivity contribution in [1.29, 1.82) is 0 Å². The predicted octanol–water partition coefficient (Wildman–Crippen LogP) is 0.885. The highest BCUT2D eigenvalue weighted by Crippen LogP contribution is 2.25. The number of nitrogens with two attached hydrogens (primary N) is 1. The van der Waals surface area contributed by atoms with Crippen molar-refractivity contribution < 1.29 is 18.7 Å². The summed E-state index contributed by atoms with van der Waals surface area (Å²) in [4.78, 5) is 11.3. The van der Waals surface area contributed by atoms with Gasteiger partial charge in [0.15, 0.2) is 0 Å². The van der Waals surface area contributed by atoms with Gasteiger partial charge in [-0.1, -0.05) is 13.8 Å². The van der Waals surface area contributed by atoms with Gasteiger partial charge in [-0.25, -0.2) is 8.78 Å². The summed E-state index contributed by atoms with van der Waals surface area (Å²) in [5.41, 5.74) is 5.36. The topological polar surface area (TPSA) is 75.4 Å². The molecule has 0 aromatic heterocycles. The van der Waals surface area contributed by atoms with Gasteiger partial charge >= 0.3 is 0 Å². The third-order valence-corrected chi connectivity index (χ3v) is 2.63. The van der Waals surface area contributed by atoms with Crippen molar-refractivity contribution in [2.75, 3.05) is 19.7 Å². The quantitative estimate of drug-likeness (QED) is 0.600. The first-order chi connectivity index (χ1) is 7.72. The molecule has 102 valence electrons. The van der Waals surface area contributed by atoms with Crippen LogP contribution in [0.25, 0.3) is 0 Å². The van der Waals surface area contributed by atoms with Crippen molar-refractivity contribution in [3.63, 3.8) is 0 Å². The summed E-state index contributed by atoms with van der Waals surface area (Å²) >= 11 is 0. The Bertz CT molecular complexity index is 246. The van der Waals surface area contributed by atoms with E-state index in [2.05, 4.69) is 5.32 Å². The molecule has 0 saturated heterocycles. The number of alkyl halides is 2. The van der Waals surface area contributed by atoms with Gasteiger partial charge in [-0.3, -0.25) is 4.79 Å². The SMILES string of the molecule is CC(C)(CCN)CCC(=O)NCC(F)(F)CO. The Kier molecular flexibility index (Phi) is 6.56. The highest BCUT2D eigenvalue weighted by molar-refractivity contribution is 5.75. The summed E-state index contributed by atoms with van der Waals surface area (Å²) in [5, 5.41) is 10.4. The first-order valence-electron chi connectivity index (χ1n) is 5.68. The Hall–Kier alpha value is -0.750. The molecule has 0 rings (SSSR count). The monoisotopic (exact) mass is 252 g/mol. The maximum Gasteiger partial charge on any atom is 0.287 e. The van der Waals surface area contributed by atoms with Gasteiger partial charge in [0.1, 0.15) is 6.61 Å². The molecule has 1 amide bonds. The molecule has 0 radical (unpaired) electrons. The smallest absolute Gasteiger partial charge is 0.287 e. The molecule has 0 fully saturated rings. The second-order valence-corrected chi connectivity index (χ2v) is 4.99. The zero-order chi connectivity index (χ0) is 13.5. The number of carbonyl (C=O) groups is 1. The zero-order valence-electron chi connectivity index (χ0n) is 10.4. The fourth-order valence-electron chi connectivity index (χ4n) is 1.34. The van der Waals surface area contributed by atoms with E-state index in [9.17, 15) is 13.6 Å². The van der Waals surface area contributed by atoms with E-state index in [1.807, 2.05) is 13.8 Å². The Balaban J connectivity index is 3.88. The molecule has 0 aromatic rings. The maximum atomic E-state index is 12.6. The normalized spacial score (nSPS) is 12.6. The van der Waals surface area contributed by atoms with Crippen LogP contribution in [0.1, 0.15) is 33.1 Å². The largest absolute Gasteiger partial charge is 0.390 e. The minimum atomic E-state index is -3.25. The van der Waals surface area contributed by atoms with Crippen LogP contribution in [-0.2, 0) is 4.79 Å². The lowest BCUT2D eigenvalue weighted by molar-refractivity contribution is -0.124. The van der Waals surface area contributed by atoms with E-state index >= 15 is 0 Å². The van der Waals surface area contributed by atoms with E-state index in [0.29, 0.717) is 13.0 Å². The lowest BCUT2D eigenvalue weighted by Crippen LogP contribution is -2.39. The van der Waals surface area contributed by atoms with Crippen LogP contribution in [0.5, 0.6) is 0 Å². The number of hydrogen-bond acceptors (Lipinski definition) is 3. The first kappa shape index (κ1) is 16.2. The highest BCUT2D eigenvalue weighted by Gasteiger charge is 2.28. The van der Waals surface area contributed by atoms with Crippen molar-refractivity contribution in [1.82, 2.24) is 5.32 Å². The van der Waals surface area contributed by atoms with Crippen LogP contribution in [-0.4, -0.2) is 36.6 Å². The van der Waals surface area contributed by atoms with Crippen LogP contribution in [0.3, 0.4) is 0 Å². The van der Waals surface area contributed by atoms with Gasteiger partial charge in [-0.2, -0.15) is 0 Å². The molecule has 0 heterocycles. The van der Waals surface area contributed by atoms with Gasteiger partial charge in [0.05, 0.1) is 6.54 Å². The van der Waals surface area contributed by atoms with Gasteiger partial charge in [0, 0.05) is 6.42 Å². The molecule has 0 aromatic carbocycles. The van der Waals surface area contributed by atoms with Crippen molar-refractivity contribution in [3.05, 3.63) is 0 Å². The van der Waals surface area contributed by atoms with E-state index < -0.39 is 25.0 Å². The van der Waals surface area contributed by atoms with Crippen molar-refractivity contribution >= 4 is 5.91 Å². The number of aliphatic hydroxyl groups is 1. The molecule has 4 nitrogen and oxygen atoms in total. The average Bonchev–Trinajstić information content (AvgIpc) is 2.24. The van der Waals surface area contributed by atoms with E-state index in [0.717, 1.165) is 6.42 Å². The molecule has 0 aliphatic heterocycles. The second kappa shape index (κ2) is 6.86. The van der Waals surface area contributed by atoms with Gasteiger partial charge < -0.3 is 16.2 Å². The highest BCUT2D eigenvalue weighted by atomic mass is 19.3. The van der Waals surface area contributed by atoms with Crippen molar-refractivity contribution in [2.24, 2.45) is 11.1 Å². The Labute approximate surface area is 101 Å². The molecule has 0 atom stereocenters. The second-order valence-electron chi connectivity index (χ2n) is 4.99. The van der Waals surface area contributed by atoms with Crippen LogP contribution in [0, 0.1) is 5.41 Å². The molecule has 6 heteroatoms. The zero-order valence-corrected chi connectivity index (χ0v) is 10.4. The maximum absolute atomic E-state index is 12.6. The molecule has 0 spiro atoms. The van der Waals surface area contributed by atoms with E-state index in [1.165, 1.54) is 0 Å². The van der Waals surface area contributed by atoms with Gasteiger partial charge in [-0.05, 0) is 24.8 Å². The predicted molar refractivity (Wildman–Crippen MR) is 61.7 cm³/mol. The van der Waals surface area contributed by atoms with Gasteiger partial charge in [0.25, 0.3) is 5.92 Å². The molecular formula is C11H22F2N2O2. The van der Waals surface area contributed by atoms with Crippen molar-refractivity contribution in [3.8, 4) is 0 Å². The van der Waals surface area contributed by atoms with E-state index in [1.54, 1.807) is 0 Å². The molecular weight excluding hydrogens is 230 g/mol. The number of rotatable bonds is 8. The van der Waals surface area contributed by atoms with Crippen LogP contribution < -0.4 is 11.1 Å². The van der Waals surface area contributed by atoms with Crippen LogP contribution >= 0.6 is 0 Å². The summed E-state index contributed by atoms with van der Waals surface area (Å²) < 4.78 is 25.3. The van der Waals surface area contributed by atoms with Crippen LogP contribution in [0.2, 0.25) is 0 Å². The van der Waals surface area contributed by atoms with Crippen LogP contribution in [0.4, 0.5) is 8.78 Å². The summed E-state index contributed by atoms with van der Waals surface area (Å²) in [6.45, 7) is 2.42. The molecule has 0 saturated carbocycles.